The van der Waals surface area contributed by atoms with E-state index in [1.165, 1.54) is 0 Å². The number of amides is 1. The van der Waals surface area contributed by atoms with Gasteiger partial charge in [0.2, 0.25) is 10.0 Å². The number of sulfonamides is 1. The second-order valence-electron chi connectivity index (χ2n) is 5.93. The Kier molecular flexibility index (Phi) is 4.92. The number of hydrogen-bond acceptors (Lipinski definition) is 4. The van der Waals surface area contributed by atoms with Crippen molar-refractivity contribution in [2.45, 2.75) is 12.6 Å². The summed E-state index contributed by atoms with van der Waals surface area (Å²) in [6.07, 6.45) is -5.18. The number of benzene rings is 1. The van der Waals surface area contributed by atoms with Crippen LogP contribution >= 0.6 is 0 Å². The fourth-order valence-corrected chi connectivity index (χ4v) is 3.24. The van der Waals surface area contributed by atoms with Gasteiger partial charge in [-0.2, -0.15) is 13.2 Å². The van der Waals surface area contributed by atoms with Gasteiger partial charge < -0.3 is 10.0 Å². The minimum absolute atomic E-state index is 0.321. The summed E-state index contributed by atoms with van der Waals surface area (Å²) in [5.41, 5.74) is -3.96. The Morgan fingerprint density at radius 1 is 1.31 bits per heavy atom. The van der Waals surface area contributed by atoms with E-state index in [4.69, 9.17) is 5.11 Å². The molecule has 12 heteroatoms. The number of anilines is 1. The lowest BCUT2D eigenvalue weighted by Crippen LogP contribution is -2.47. The van der Waals surface area contributed by atoms with E-state index in [1.54, 1.807) is 0 Å². The molecule has 1 aliphatic rings. The third kappa shape index (κ3) is 3.74. The minimum Gasteiger partial charge on any atom is -0.481 e. The van der Waals surface area contributed by atoms with E-state index in [-0.39, 0.29) is 5.69 Å². The summed E-state index contributed by atoms with van der Waals surface area (Å²) in [5, 5.41) is 9.01. The molecule has 0 saturated carbocycles. The first-order valence-electron chi connectivity index (χ1n) is 7.13. The second kappa shape index (κ2) is 6.41. The number of halogens is 4. The number of likely N-dealkylation sites (tertiary alicyclic amines) is 1. The summed E-state index contributed by atoms with van der Waals surface area (Å²) >= 11 is 0. The number of nitrogens with zero attached hydrogens (tertiary/aromatic N) is 1. The summed E-state index contributed by atoms with van der Waals surface area (Å²) in [4.78, 5) is 24.3. The van der Waals surface area contributed by atoms with E-state index < -0.39 is 64.4 Å². The van der Waals surface area contributed by atoms with E-state index in [1.807, 2.05) is 4.72 Å². The normalized spacial score (nSPS) is 20.9. The quantitative estimate of drug-likeness (QED) is 0.751. The Morgan fingerprint density at radius 2 is 1.92 bits per heavy atom. The van der Waals surface area contributed by atoms with Gasteiger partial charge in [0, 0.05) is 13.1 Å². The number of carboxylic acid groups (broad SMARTS) is 1. The molecule has 0 aliphatic carbocycles. The van der Waals surface area contributed by atoms with Crippen molar-refractivity contribution < 1.29 is 40.7 Å². The highest BCUT2D eigenvalue weighted by atomic mass is 32.2. The largest absolute Gasteiger partial charge is 0.481 e. The molecule has 1 fully saturated rings. The topological polar surface area (TPSA) is 104 Å². The van der Waals surface area contributed by atoms with Gasteiger partial charge in [0.1, 0.15) is 5.82 Å². The van der Waals surface area contributed by atoms with Crippen LogP contribution in [-0.2, 0) is 14.8 Å². The molecule has 1 aromatic rings. The zero-order valence-electron chi connectivity index (χ0n) is 13.3. The molecule has 7 nitrogen and oxygen atoms in total. The van der Waals surface area contributed by atoms with Crippen LogP contribution in [0.4, 0.5) is 23.2 Å². The van der Waals surface area contributed by atoms with Crippen molar-refractivity contribution >= 4 is 27.6 Å². The number of nitrogens with one attached hydrogen (secondary N) is 1. The standard InChI is InChI=1S/C14H14F4N2O5S/c1-26(24,25)19-10-3-2-8(15)6-9(10)11(21)20-5-4-13(7-20,12(22)23)14(16,17)18/h2-3,6,19H,4-5,7H2,1H3,(H,22,23). The predicted octanol–water partition coefficient (Wildman–Crippen LogP) is 1.68. The fraction of sp³-hybridized carbons (Fsp3) is 0.429. The van der Waals surface area contributed by atoms with Crippen LogP contribution in [-0.4, -0.2) is 55.8 Å². The van der Waals surface area contributed by atoms with E-state index in [0.29, 0.717) is 11.0 Å². The summed E-state index contributed by atoms with van der Waals surface area (Å²) < 4.78 is 77.8. The number of hydrogen-bond donors (Lipinski definition) is 2. The van der Waals surface area contributed by atoms with Gasteiger partial charge in [-0.1, -0.05) is 0 Å². The Balaban J connectivity index is 2.39. The average Bonchev–Trinajstić information content (AvgIpc) is 2.93. The number of carbonyl (C=O) groups excluding carboxylic acids is 1. The first-order valence-corrected chi connectivity index (χ1v) is 9.03. The molecule has 2 rings (SSSR count). The highest BCUT2D eigenvalue weighted by molar-refractivity contribution is 7.92. The Bertz CT molecular complexity index is 855. The van der Waals surface area contributed by atoms with Crippen molar-refractivity contribution in [1.29, 1.82) is 0 Å². The second-order valence-corrected chi connectivity index (χ2v) is 7.67. The lowest BCUT2D eigenvalue weighted by atomic mass is 9.86. The van der Waals surface area contributed by atoms with Gasteiger partial charge in [-0.3, -0.25) is 14.3 Å². The first-order chi connectivity index (χ1) is 11.8. The molecule has 26 heavy (non-hydrogen) atoms. The van der Waals surface area contributed by atoms with Crippen LogP contribution in [0.2, 0.25) is 0 Å². The van der Waals surface area contributed by atoms with Crippen molar-refractivity contribution in [3.63, 3.8) is 0 Å². The van der Waals surface area contributed by atoms with Crippen molar-refractivity contribution in [3.8, 4) is 0 Å². The smallest absolute Gasteiger partial charge is 0.406 e. The summed E-state index contributed by atoms with van der Waals surface area (Å²) in [7, 11) is -3.85. The Labute approximate surface area is 145 Å². The van der Waals surface area contributed by atoms with Crippen LogP contribution in [0.25, 0.3) is 0 Å². The van der Waals surface area contributed by atoms with Crippen LogP contribution in [0, 0.1) is 11.2 Å². The molecular formula is C14H14F4N2O5S. The van der Waals surface area contributed by atoms with Crippen LogP contribution in [0.15, 0.2) is 18.2 Å². The predicted molar refractivity (Wildman–Crippen MR) is 81.5 cm³/mol. The Hall–Kier alpha value is -2.37. The molecule has 1 saturated heterocycles. The number of alkyl halides is 3. The lowest BCUT2D eigenvalue weighted by molar-refractivity contribution is -0.227. The van der Waals surface area contributed by atoms with E-state index in [9.17, 15) is 35.6 Å². The van der Waals surface area contributed by atoms with Crippen LogP contribution in [0.1, 0.15) is 16.8 Å². The molecule has 1 unspecified atom stereocenters. The van der Waals surface area contributed by atoms with Gasteiger partial charge >= 0.3 is 12.1 Å². The van der Waals surface area contributed by atoms with Gasteiger partial charge in [0.25, 0.3) is 5.91 Å². The molecule has 2 N–H and O–H groups in total. The van der Waals surface area contributed by atoms with E-state index >= 15 is 0 Å². The highest BCUT2D eigenvalue weighted by Crippen LogP contribution is 2.46. The molecule has 0 aromatic heterocycles. The molecule has 0 spiro atoms. The van der Waals surface area contributed by atoms with Crippen LogP contribution in [0.3, 0.4) is 0 Å². The van der Waals surface area contributed by atoms with Crippen molar-refractivity contribution in [2.75, 3.05) is 24.1 Å². The summed E-state index contributed by atoms with van der Waals surface area (Å²) in [5.74, 6) is -4.14. The molecule has 144 valence electrons. The van der Waals surface area contributed by atoms with E-state index in [2.05, 4.69) is 0 Å². The van der Waals surface area contributed by atoms with Crippen molar-refractivity contribution in [1.82, 2.24) is 4.90 Å². The zero-order valence-corrected chi connectivity index (χ0v) is 14.1. The maximum atomic E-state index is 13.5. The third-order valence-corrected chi connectivity index (χ3v) is 4.61. The van der Waals surface area contributed by atoms with Gasteiger partial charge in [-0.25, -0.2) is 12.8 Å². The maximum absolute atomic E-state index is 13.5. The molecule has 0 radical (unpaired) electrons. The number of rotatable bonds is 4. The number of carboxylic acids is 1. The number of carbonyl (C=O) groups is 2. The fourth-order valence-electron chi connectivity index (χ4n) is 2.66. The molecular weight excluding hydrogens is 384 g/mol. The Morgan fingerprint density at radius 3 is 2.38 bits per heavy atom. The zero-order chi connectivity index (χ0) is 19.9. The maximum Gasteiger partial charge on any atom is 0.406 e. The summed E-state index contributed by atoms with van der Waals surface area (Å²) in [6, 6.07) is 2.49. The minimum atomic E-state index is -5.09. The third-order valence-electron chi connectivity index (χ3n) is 4.02. The monoisotopic (exact) mass is 398 g/mol. The lowest BCUT2D eigenvalue weighted by Gasteiger charge is -2.27. The van der Waals surface area contributed by atoms with Crippen molar-refractivity contribution in [3.05, 3.63) is 29.6 Å². The first kappa shape index (κ1) is 19.9. The van der Waals surface area contributed by atoms with Gasteiger partial charge in [0.05, 0.1) is 17.5 Å². The van der Waals surface area contributed by atoms with Gasteiger partial charge in [-0.15, -0.1) is 0 Å². The van der Waals surface area contributed by atoms with Gasteiger partial charge in [0.15, 0.2) is 5.41 Å². The molecule has 1 heterocycles. The average molecular weight is 398 g/mol. The molecule has 1 aromatic carbocycles. The van der Waals surface area contributed by atoms with Gasteiger partial charge in [-0.05, 0) is 24.6 Å². The summed E-state index contributed by atoms with van der Waals surface area (Å²) in [6.45, 7) is -1.68. The van der Waals surface area contributed by atoms with Crippen LogP contribution < -0.4 is 4.72 Å². The molecule has 1 atom stereocenters. The molecule has 1 aliphatic heterocycles. The van der Waals surface area contributed by atoms with Crippen molar-refractivity contribution in [2.24, 2.45) is 5.41 Å². The highest BCUT2D eigenvalue weighted by Gasteiger charge is 2.64. The SMILES string of the molecule is CS(=O)(=O)Nc1ccc(F)cc1C(=O)N1CCC(C(=O)O)(C(F)(F)F)C1. The number of aliphatic carboxylic acids is 1. The van der Waals surface area contributed by atoms with Crippen LogP contribution in [0.5, 0.6) is 0 Å². The molecule has 1 amide bonds. The van der Waals surface area contributed by atoms with E-state index in [0.717, 1.165) is 18.4 Å². The molecule has 0 bridgehead atoms.